The van der Waals surface area contributed by atoms with Crippen molar-refractivity contribution in [3.63, 3.8) is 0 Å². The van der Waals surface area contributed by atoms with Crippen LogP contribution in [-0.2, 0) is 23.8 Å². The molecule has 2 aliphatic heterocycles. The molecule has 0 radical (unpaired) electrons. The van der Waals surface area contributed by atoms with Crippen LogP contribution in [0.5, 0.6) is 0 Å². The molecule has 0 N–H and O–H groups in total. The first kappa shape index (κ1) is 15.3. The van der Waals surface area contributed by atoms with Gasteiger partial charge in [0, 0.05) is 19.8 Å². The predicted octanol–water partition coefficient (Wildman–Crippen LogP) is 1.38. The number of esters is 2. The van der Waals surface area contributed by atoms with Crippen molar-refractivity contribution in [3.8, 4) is 0 Å². The summed E-state index contributed by atoms with van der Waals surface area (Å²) in [5.41, 5.74) is -0.0997. The number of aliphatic imine (C=N–C) groups is 1. The van der Waals surface area contributed by atoms with Crippen LogP contribution < -0.4 is 0 Å². The molecule has 2 aliphatic rings. The van der Waals surface area contributed by atoms with Gasteiger partial charge in [0.15, 0.2) is 0 Å². The normalized spacial score (nSPS) is 36.0. The lowest BCUT2D eigenvalue weighted by atomic mass is 9.90. The van der Waals surface area contributed by atoms with Gasteiger partial charge in [-0.1, -0.05) is 18.7 Å². The second-order valence-electron chi connectivity index (χ2n) is 5.04. The fraction of sp³-hybridized carbons (Fsp3) is 0.769. The summed E-state index contributed by atoms with van der Waals surface area (Å²) in [6.45, 7) is 6.70. The third-order valence-corrected chi connectivity index (χ3v) is 4.45. The van der Waals surface area contributed by atoms with Gasteiger partial charge in [0.25, 0.3) is 0 Å². The van der Waals surface area contributed by atoms with Gasteiger partial charge in [0.1, 0.15) is 24.3 Å². The Labute approximate surface area is 122 Å². The maximum absolute atomic E-state index is 11.3. The first-order valence-electron chi connectivity index (χ1n) is 6.55. The molecule has 2 rings (SSSR count). The van der Waals surface area contributed by atoms with E-state index in [0.717, 1.165) is 5.04 Å². The molecular formula is C13H19NO5S. The number of hydrogen-bond acceptors (Lipinski definition) is 7. The highest BCUT2D eigenvalue weighted by Crippen LogP contribution is 2.40. The fourth-order valence-corrected chi connectivity index (χ4v) is 3.67. The van der Waals surface area contributed by atoms with Crippen LogP contribution >= 0.6 is 11.8 Å². The van der Waals surface area contributed by atoms with Gasteiger partial charge in [-0.2, -0.15) is 0 Å². The lowest BCUT2D eigenvalue weighted by Gasteiger charge is -2.40. The van der Waals surface area contributed by atoms with Crippen molar-refractivity contribution in [3.05, 3.63) is 0 Å². The minimum absolute atomic E-state index is 0.0168. The summed E-state index contributed by atoms with van der Waals surface area (Å²) in [5.74, 6) is -0.734. The van der Waals surface area contributed by atoms with Crippen molar-refractivity contribution in [1.82, 2.24) is 0 Å². The van der Waals surface area contributed by atoms with Crippen LogP contribution in [0.3, 0.4) is 0 Å². The van der Waals surface area contributed by atoms with Crippen molar-refractivity contribution < 1.29 is 23.8 Å². The van der Waals surface area contributed by atoms with Crippen LogP contribution in [0.25, 0.3) is 0 Å². The quantitative estimate of drug-likeness (QED) is 0.733. The topological polar surface area (TPSA) is 74.2 Å². The van der Waals surface area contributed by atoms with Crippen LogP contribution in [0.2, 0.25) is 0 Å². The van der Waals surface area contributed by atoms with E-state index in [1.165, 1.54) is 13.8 Å². The van der Waals surface area contributed by atoms with E-state index in [9.17, 15) is 9.59 Å². The van der Waals surface area contributed by atoms with Crippen LogP contribution in [0.15, 0.2) is 4.99 Å². The van der Waals surface area contributed by atoms with Crippen molar-refractivity contribution in [1.29, 1.82) is 0 Å². The molecule has 0 saturated carbocycles. The molecule has 1 fully saturated rings. The Morgan fingerprint density at radius 3 is 2.65 bits per heavy atom. The van der Waals surface area contributed by atoms with E-state index in [2.05, 4.69) is 4.99 Å². The molecule has 0 amide bonds. The van der Waals surface area contributed by atoms with Gasteiger partial charge < -0.3 is 14.2 Å². The van der Waals surface area contributed by atoms with Crippen molar-refractivity contribution >= 4 is 28.7 Å². The second-order valence-corrected chi connectivity index (χ2v) is 6.33. The van der Waals surface area contributed by atoms with Gasteiger partial charge in [0.2, 0.25) is 0 Å². The lowest BCUT2D eigenvalue weighted by Crippen LogP contribution is -2.53. The highest BCUT2D eigenvalue weighted by atomic mass is 32.2. The Kier molecular flexibility index (Phi) is 4.70. The Morgan fingerprint density at radius 2 is 2.05 bits per heavy atom. The highest BCUT2D eigenvalue weighted by Gasteiger charge is 2.48. The molecule has 112 valence electrons. The van der Waals surface area contributed by atoms with E-state index in [-0.39, 0.29) is 35.9 Å². The number of rotatable bonds is 3. The first-order chi connectivity index (χ1) is 9.38. The summed E-state index contributed by atoms with van der Waals surface area (Å²) < 4.78 is 16.3. The molecule has 6 nitrogen and oxygen atoms in total. The first-order valence-corrected chi connectivity index (χ1v) is 7.43. The zero-order valence-corrected chi connectivity index (χ0v) is 12.8. The molecule has 2 unspecified atom stereocenters. The predicted molar refractivity (Wildman–Crippen MR) is 74.5 cm³/mol. The summed E-state index contributed by atoms with van der Waals surface area (Å²) in [5, 5.41) is 0.960. The zero-order chi connectivity index (χ0) is 14.9. The van der Waals surface area contributed by atoms with Crippen LogP contribution in [0, 0.1) is 5.92 Å². The van der Waals surface area contributed by atoms with Crippen molar-refractivity contribution in [2.24, 2.45) is 10.9 Å². The molecule has 5 atom stereocenters. The number of thioether (sulfide) groups is 1. The van der Waals surface area contributed by atoms with E-state index >= 15 is 0 Å². The minimum Gasteiger partial charge on any atom is -0.463 e. The van der Waals surface area contributed by atoms with Gasteiger partial charge in [-0.3, -0.25) is 14.6 Å². The molecule has 0 aromatic heterocycles. The van der Waals surface area contributed by atoms with E-state index in [1.807, 2.05) is 13.8 Å². The van der Waals surface area contributed by atoms with E-state index in [0.29, 0.717) is 0 Å². The number of fused-ring (bicyclic) bond motifs is 1. The Hall–Kier alpha value is -1.08. The standard InChI is InChI=1S/C13H19NO5S/c1-6-11-13(20-7(2)14-11)19-10(5-17-8(3)15)12(6)18-9(4)16/h6,10-13H,5H2,1-4H3/t6-,10?,11?,12-,13-/m1/s1. The van der Waals surface area contributed by atoms with E-state index < -0.39 is 12.2 Å². The maximum atomic E-state index is 11.3. The molecular weight excluding hydrogens is 282 g/mol. The van der Waals surface area contributed by atoms with E-state index in [1.54, 1.807) is 11.8 Å². The number of carbonyl (C=O) groups is 2. The van der Waals surface area contributed by atoms with Crippen LogP contribution in [0.1, 0.15) is 27.7 Å². The number of carbonyl (C=O) groups excluding carboxylic acids is 2. The summed E-state index contributed by atoms with van der Waals surface area (Å²) in [4.78, 5) is 26.8. The highest BCUT2D eigenvalue weighted by molar-refractivity contribution is 8.14. The maximum Gasteiger partial charge on any atom is 0.303 e. The number of ether oxygens (including phenoxy) is 3. The van der Waals surface area contributed by atoms with E-state index in [4.69, 9.17) is 14.2 Å². The molecule has 0 aliphatic carbocycles. The minimum atomic E-state index is -0.455. The molecule has 1 saturated heterocycles. The summed E-state index contributed by atoms with van der Waals surface area (Å²) in [7, 11) is 0. The largest absolute Gasteiger partial charge is 0.463 e. The molecule has 20 heavy (non-hydrogen) atoms. The van der Waals surface area contributed by atoms with Gasteiger partial charge in [-0.15, -0.1) is 0 Å². The van der Waals surface area contributed by atoms with Gasteiger partial charge in [0.05, 0.1) is 11.1 Å². The number of nitrogens with zero attached hydrogens (tertiary/aromatic N) is 1. The van der Waals surface area contributed by atoms with Gasteiger partial charge >= 0.3 is 11.9 Å². The molecule has 0 aromatic carbocycles. The van der Waals surface area contributed by atoms with Crippen molar-refractivity contribution in [2.75, 3.05) is 6.61 Å². The summed E-state index contributed by atoms with van der Waals surface area (Å²) >= 11 is 1.56. The Morgan fingerprint density at radius 1 is 1.35 bits per heavy atom. The Bertz CT molecular complexity index is 438. The molecule has 0 bridgehead atoms. The lowest BCUT2D eigenvalue weighted by molar-refractivity contribution is -0.184. The van der Waals surface area contributed by atoms with Crippen LogP contribution in [0.4, 0.5) is 0 Å². The second kappa shape index (κ2) is 6.13. The smallest absolute Gasteiger partial charge is 0.303 e. The average Bonchev–Trinajstić information content (AvgIpc) is 2.71. The van der Waals surface area contributed by atoms with Crippen LogP contribution in [-0.4, -0.2) is 47.3 Å². The van der Waals surface area contributed by atoms with Crippen molar-refractivity contribution in [2.45, 2.75) is 51.4 Å². The third kappa shape index (κ3) is 3.32. The molecule has 0 aromatic rings. The summed E-state index contributed by atoms with van der Waals surface area (Å²) in [6.07, 6.45) is -0.906. The monoisotopic (exact) mass is 301 g/mol. The van der Waals surface area contributed by atoms with Gasteiger partial charge in [-0.25, -0.2) is 0 Å². The molecule has 2 heterocycles. The third-order valence-electron chi connectivity index (χ3n) is 3.38. The fourth-order valence-electron chi connectivity index (χ4n) is 2.50. The SMILES string of the molecule is CC(=O)OCC1O[C@@H]2SC(C)=NC2[C@@H](C)[C@H]1OC(C)=O. The summed E-state index contributed by atoms with van der Waals surface area (Å²) in [6, 6.07) is -0.0297. The average molecular weight is 301 g/mol. The zero-order valence-electron chi connectivity index (χ0n) is 12.0. The molecule has 7 heteroatoms. The number of hydrogen-bond donors (Lipinski definition) is 0. The van der Waals surface area contributed by atoms with Gasteiger partial charge in [-0.05, 0) is 6.92 Å². The molecule has 0 spiro atoms. The Balaban J connectivity index is 2.12.